The number of fused-ring (bicyclic) bond motifs is 3. The van der Waals surface area contributed by atoms with Gasteiger partial charge in [0, 0.05) is 12.5 Å². The number of aromatic nitrogens is 4. The first-order valence-electron chi connectivity index (χ1n) is 9.45. The van der Waals surface area contributed by atoms with E-state index in [0.717, 1.165) is 31.4 Å². The number of hydrogen-bond donors (Lipinski definition) is 2. The lowest BCUT2D eigenvalue weighted by molar-refractivity contribution is 0.155. The summed E-state index contributed by atoms with van der Waals surface area (Å²) in [5.41, 5.74) is 1.50. The van der Waals surface area contributed by atoms with Crippen molar-refractivity contribution in [1.82, 2.24) is 19.7 Å². The van der Waals surface area contributed by atoms with Gasteiger partial charge in [-0.1, -0.05) is 24.4 Å². The highest BCUT2D eigenvalue weighted by Gasteiger charge is 2.31. The average Bonchev–Trinajstić information content (AvgIpc) is 2.93. The predicted molar refractivity (Wildman–Crippen MR) is 103 cm³/mol. The molecule has 9 heteroatoms. The zero-order valence-corrected chi connectivity index (χ0v) is 16.3. The molecular weight excluding hydrogens is 371 g/mol. The van der Waals surface area contributed by atoms with Crippen LogP contribution in [0.1, 0.15) is 50.8 Å². The third kappa shape index (κ3) is 3.67. The molecule has 146 valence electrons. The normalized spacial score (nSPS) is 25.4. The number of nitrogens with zero attached hydrogens (tertiary/aromatic N) is 4. The van der Waals surface area contributed by atoms with Gasteiger partial charge in [0.25, 0.3) is 5.88 Å². The lowest BCUT2D eigenvalue weighted by Gasteiger charge is -2.27. The summed E-state index contributed by atoms with van der Waals surface area (Å²) in [4.78, 5) is 8.72. The summed E-state index contributed by atoms with van der Waals surface area (Å²) in [6.07, 6.45) is 4.72. The van der Waals surface area contributed by atoms with Crippen molar-refractivity contribution < 1.29 is 9.13 Å². The van der Waals surface area contributed by atoms with Crippen LogP contribution < -0.4 is 15.4 Å². The van der Waals surface area contributed by atoms with E-state index in [2.05, 4.69) is 25.7 Å². The summed E-state index contributed by atoms with van der Waals surface area (Å²) in [7, 11) is 0. The van der Waals surface area contributed by atoms with Gasteiger partial charge in [0.2, 0.25) is 5.95 Å². The molecule has 0 saturated heterocycles. The number of nitrogens with one attached hydrogen (secondary N) is 2. The van der Waals surface area contributed by atoms with Crippen LogP contribution in [0, 0.1) is 6.92 Å². The van der Waals surface area contributed by atoms with Crippen LogP contribution in [0.2, 0.25) is 5.02 Å². The van der Waals surface area contributed by atoms with Crippen LogP contribution >= 0.6 is 11.6 Å². The molecule has 1 fully saturated rings. The molecule has 1 saturated carbocycles. The molecule has 3 atom stereocenters. The molecule has 2 N–H and O–H groups in total. The molecule has 7 nitrogen and oxygen atoms in total. The first kappa shape index (κ1) is 18.3. The Morgan fingerprint density at radius 2 is 2.11 bits per heavy atom. The monoisotopic (exact) mass is 394 g/mol. The molecule has 1 aliphatic heterocycles. The Balaban J connectivity index is 1.73. The van der Waals surface area contributed by atoms with E-state index in [4.69, 9.17) is 16.3 Å². The van der Waals surface area contributed by atoms with Gasteiger partial charge in [-0.3, -0.25) is 4.68 Å². The van der Waals surface area contributed by atoms with Crippen molar-refractivity contribution >= 4 is 29.1 Å². The molecule has 3 heterocycles. The van der Waals surface area contributed by atoms with Crippen LogP contribution in [-0.2, 0) is 0 Å². The van der Waals surface area contributed by atoms with E-state index in [-0.39, 0.29) is 12.1 Å². The minimum absolute atomic E-state index is 0.114. The molecule has 0 amide bonds. The van der Waals surface area contributed by atoms with Gasteiger partial charge < -0.3 is 15.4 Å². The van der Waals surface area contributed by atoms with E-state index >= 15 is 0 Å². The summed E-state index contributed by atoms with van der Waals surface area (Å²) in [6.45, 7) is 4.43. The van der Waals surface area contributed by atoms with Crippen molar-refractivity contribution in [3.63, 3.8) is 0 Å². The molecule has 2 aliphatic rings. The molecule has 2 bridgehead atoms. The molecule has 0 radical (unpaired) electrons. The topological polar surface area (TPSA) is 76.9 Å². The largest absolute Gasteiger partial charge is 0.475 e. The first-order valence-corrected chi connectivity index (χ1v) is 9.83. The Morgan fingerprint density at radius 1 is 1.30 bits per heavy atom. The molecule has 27 heavy (non-hydrogen) atoms. The van der Waals surface area contributed by atoms with Crippen molar-refractivity contribution in [3.8, 4) is 5.88 Å². The Bertz CT molecular complexity index is 828. The van der Waals surface area contributed by atoms with E-state index < -0.39 is 6.17 Å². The van der Waals surface area contributed by atoms with Crippen molar-refractivity contribution in [2.45, 2.75) is 64.2 Å². The quantitative estimate of drug-likeness (QED) is 0.745. The minimum Gasteiger partial charge on any atom is -0.475 e. The van der Waals surface area contributed by atoms with Gasteiger partial charge in [0.1, 0.15) is 16.9 Å². The SMILES string of the molecule is Cc1c2c(nn1C1CCCCC1F)OCCC(C)Nc1nc(ncc1Cl)N2. The van der Waals surface area contributed by atoms with Gasteiger partial charge in [0.15, 0.2) is 5.82 Å². The fraction of sp³-hybridized carbons (Fsp3) is 0.611. The minimum atomic E-state index is -0.889. The van der Waals surface area contributed by atoms with Gasteiger partial charge in [-0.15, -0.1) is 5.10 Å². The van der Waals surface area contributed by atoms with Crippen LogP contribution in [0.4, 0.5) is 21.8 Å². The summed E-state index contributed by atoms with van der Waals surface area (Å²) in [5.74, 6) is 1.43. The number of ether oxygens (including phenoxy) is 1. The summed E-state index contributed by atoms with van der Waals surface area (Å²) >= 11 is 6.20. The van der Waals surface area contributed by atoms with Crippen LogP contribution in [0.5, 0.6) is 5.88 Å². The Labute approximate surface area is 162 Å². The first-order chi connectivity index (χ1) is 13.0. The number of halogens is 2. The fourth-order valence-electron chi connectivity index (χ4n) is 3.68. The number of hydrogen-bond acceptors (Lipinski definition) is 6. The highest BCUT2D eigenvalue weighted by molar-refractivity contribution is 6.32. The zero-order valence-electron chi connectivity index (χ0n) is 15.5. The van der Waals surface area contributed by atoms with Gasteiger partial charge in [-0.2, -0.15) is 4.98 Å². The van der Waals surface area contributed by atoms with Gasteiger partial charge in [-0.05, 0) is 26.7 Å². The molecule has 4 rings (SSSR count). The second-order valence-corrected chi connectivity index (χ2v) is 7.68. The van der Waals surface area contributed by atoms with Gasteiger partial charge in [-0.25, -0.2) is 9.37 Å². The molecule has 2 aromatic heterocycles. The van der Waals surface area contributed by atoms with E-state index in [1.165, 1.54) is 0 Å². The summed E-state index contributed by atoms with van der Waals surface area (Å²) in [6, 6.07) is -0.143. The maximum absolute atomic E-state index is 14.5. The highest BCUT2D eigenvalue weighted by Crippen LogP contribution is 2.38. The average molecular weight is 395 g/mol. The molecule has 0 spiro atoms. The van der Waals surface area contributed by atoms with E-state index in [1.54, 1.807) is 10.9 Å². The van der Waals surface area contributed by atoms with Gasteiger partial charge >= 0.3 is 0 Å². The van der Waals surface area contributed by atoms with E-state index in [0.29, 0.717) is 41.4 Å². The molecule has 2 aromatic rings. The van der Waals surface area contributed by atoms with Crippen LogP contribution in [0.3, 0.4) is 0 Å². The third-order valence-corrected chi connectivity index (χ3v) is 5.51. The summed E-state index contributed by atoms with van der Waals surface area (Å²) in [5, 5.41) is 11.5. The van der Waals surface area contributed by atoms with Crippen LogP contribution in [-0.4, -0.2) is 38.6 Å². The lowest BCUT2D eigenvalue weighted by atomic mass is 9.93. The highest BCUT2D eigenvalue weighted by atomic mass is 35.5. The van der Waals surface area contributed by atoms with Crippen LogP contribution in [0.15, 0.2) is 6.20 Å². The fourth-order valence-corrected chi connectivity index (χ4v) is 3.83. The van der Waals surface area contributed by atoms with E-state index in [9.17, 15) is 4.39 Å². The van der Waals surface area contributed by atoms with Crippen molar-refractivity contribution in [3.05, 3.63) is 16.9 Å². The van der Waals surface area contributed by atoms with E-state index in [1.807, 2.05) is 13.8 Å². The maximum atomic E-state index is 14.5. The Morgan fingerprint density at radius 3 is 2.93 bits per heavy atom. The molecule has 1 aliphatic carbocycles. The number of anilines is 3. The van der Waals surface area contributed by atoms with Gasteiger partial charge in [0.05, 0.1) is 24.5 Å². The third-order valence-electron chi connectivity index (χ3n) is 5.23. The lowest BCUT2D eigenvalue weighted by Crippen LogP contribution is -2.26. The Hall–Kier alpha value is -2.09. The number of rotatable bonds is 1. The standard InChI is InChI=1S/C18H24ClFN6O/c1-10-7-8-27-17-15(23-18-21-9-12(19)16(22-10)24-18)11(2)26(25-17)14-6-4-3-5-13(14)20/h9-10,13-14H,3-8H2,1-2H3,(H2,21,22,23,24). The van der Waals surface area contributed by atoms with Crippen molar-refractivity contribution in [1.29, 1.82) is 0 Å². The molecule has 3 unspecified atom stereocenters. The molecular formula is C18H24ClFN6O. The van der Waals surface area contributed by atoms with Crippen LogP contribution in [0.25, 0.3) is 0 Å². The van der Waals surface area contributed by atoms with Crippen molar-refractivity contribution in [2.24, 2.45) is 0 Å². The smallest absolute Gasteiger partial charge is 0.257 e. The molecule has 0 aromatic carbocycles. The summed E-state index contributed by atoms with van der Waals surface area (Å²) < 4.78 is 22.2. The second-order valence-electron chi connectivity index (χ2n) is 7.28. The maximum Gasteiger partial charge on any atom is 0.257 e. The number of alkyl halides is 1. The Kier molecular flexibility index (Phi) is 5.08. The predicted octanol–water partition coefficient (Wildman–Crippen LogP) is 4.41. The second kappa shape index (κ2) is 7.50. The zero-order chi connectivity index (χ0) is 19.0. The van der Waals surface area contributed by atoms with Crippen molar-refractivity contribution in [2.75, 3.05) is 17.2 Å².